The molecule has 6 heteroatoms. The lowest BCUT2D eigenvalue weighted by Crippen LogP contribution is -2.48. The maximum Gasteiger partial charge on any atom is 0.198 e. The molecule has 31 heavy (non-hydrogen) atoms. The lowest BCUT2D eigenvalue weighted by atomic mass is 9.61. The second-order valence-electron chi connectivity index (χ2n) is 7.63. The smallest absolute Gasteiger partial charge is 0.198 e. The highest BCUT2D eigenvalue weighted by Gasteiger charge is 2.45. The van der Waals surface area contributed by atoms with Gasteiger partial charge in [-0.15, -0.1) is 16.7 Å². The van der Waals surface area contributed by atoms with E-state index in [9.17, 15) is 0 Å². The molecular weight excluding hydrogens is 429 g/mol. The van der Waals surface area contributed by atoms with Crippen LogP contribution in [0, 0.1) is 5.41 Å². The Morgan fingerprint density at radius 3 is 2.68 bits per heavy atom. The number of rotatable bonds is 6. The standard InChI is InChI=1S/C24H26ClN3O.CH3Cl/c1-3-4-5-10-18(2)24(14-9-15-24)22-17-28-16-8-13-21(23(28)27-26-22)29-20-12-7-6-11-19(20)25;1-2/h3-4,6-8,10-13,16H,5,9,14-15,17H2,1-2H3;1H3/b4-3-,18-10+;. The molecule has 2 aliphatic heterocycles. The van der Waals surface area contributed by atoms with E-state index in [1.807, 2.05) is 42.6 Å². The zero-order valence-electron chi connectivity index (χ0n) is 18.3. The monoisotopic (exact) mass is 457 g/mol. The van der Waals surface area contributed by atoms with Gasteiger partial charge in [0.1, 0.15) is 5.75 Å². The van der Waals surface area contributed by atoms with Gasteiger partial charge >= 0.3 is 0 Å². The molecule has 1 aromatic rings. The minimum Gasteiger partial charge on any atom is -0.452 e. The third kappa shape index (κ3) is 4.97. The van der Waals surface area contributed by atoms with E-state index in [4.69, 9.17) is 16.3 Å². The van der Waals surface area contributed by atoms with E-state index in [0.717, 1.165) is 37.4 Å². The molecule has 0 bridgehead atoms. The number of hydrogen-bond donors (Lipinski definition) is 0. The number of ether oxygens (including phenoxy) is 1. The lowest BCUT2D eigenvalue weighted by molar-refractivity contribution is 0.276. The Morgan fingerprint density at radius 1 is 1.23 bits per heavy atom. The number of para-hydroxylation sites is 1. The Labute approximate surface area is 195 Å². The number of amidine groups is 1. The summed E-state index contributed by atoms with van der Waals surface area (Å²) in [5.41, 5.74) is 2.60. The largest absolute Gasteiger partial charge is 0.452 e. The van der Waals surface area contributed by atoms with Crippen molar-refractivity contribution in [3.8, 4) is 5.75 Å². The van der Waals surface area contributed by atoms with E-state index in [1.165, 1.54) is 18.4 Å². The van der Waals surface area contributed by atoms with Crippen molar-refractivity contribution in [1.82, 2.24) is 4.90 Å². The van der Waals surface area contributed by atoms with E-state index >= 15 is 0 Å². The summed E-state index contributed by atoms with van der Waals surface area (Å²) >= 11 is 10.9. The van der Waals surface area contributed by atoms with Crippen LogP contribution in [-0.2, 0) is 0 Å². The summed E-state index contributed by atoms with van der Waals surface area (Å²) in [5, 5.41) is 9.83. The first kappa shape index (κ1) is 23.4. The molecule has 164 valence electrons. The van der Waals surface area contributed by atoms with Gasteiger partial charge < -0.3 is 9.64 Å². The van der Waals surface area contributed by atoms with Gasteiger partial charge in [-0.3, -0.25) is 0 Å². The quantitative estimate of drug-likeness (QED) is 0.336. The minimum absolute atomic E-state index is 0.0510. The van der Waals surface area contributed by atoms with E-state index < -0.39 is 0 Å². The Bertz CT molecular complexity index is 969. The molecule has 1 fully saturated rings. The van der Waals surface area contributed by atoms with E-state index in [-0.39, 0.29) is 5.41 Å². The number of nitrogens with zero attached hydrogens (tertiary/aromatic N) is 3. The van der Waals surface area contributed by atoms with Crippen LogP contribution in [0.3, 0.4) is 0 Å². The highest BCUT2D eigenvalue weighted by molar-refractivity contribution is 6.32. The van der Waals surface area contributed by atoms with Gasteiger partial charge in [-0.2, -0.15) is 5.10 Å². The topological polar surface area (TPSA) is 37.2 Å². The van der Waals surface area contributed by atoms with Gasteiger partial charge in [0.15, 0.2) is 11.6 Å². The zero-order valence-corrected chi connectivity index (χ0v) is 19.8. The molecule has 0 unspecified atom stereocenters. The Kier molecular flexibility index (Phi) is 8.16. The predicted octanol–water partition coefficient (Wildman–Crippen LogP) is 7.14. The second-order valence-corrected chi connectivity index (χ2v) is 8.04. The molecule has 1 aromatic carbocycles. The average molecular weight is 458 g/mol. The van der Waals surface area contributed by atoms with E-state index in [1.54, 1.807) is 0 Å². The van der Waals surface area contributed by atoms with Crippen molar-refractivity contribution in [2.24, 2.45) is 15.6 Å². The first-order chi connectivity index (χ1) is 15.1. The summed E-state index contributed by atoms with van der Waals surface area (Å²) in [7, 11) is 0. The average Bonchev–Trinajstić information content (AvgIpc) is 2.76. The molecule has 1 saturated carbocycles. The molecule has 0 radical (unpaired) electrons. The number of alkyl halides is 1. The SMILES string of the molecule is C/C=C\C/C=C(\C)C1(C2=NN=C3C(Oc4ccccc4Cl)=CC=CN3C2)CCC1.CCl. The molecule has 0 saturated heterocycles. The summed E-state index contributed by atoms with van der Waals surface area (Å²) in [4.78, 5) is 2.12. The van der Waals surface area contributed by atoms with Gasteiger partial charge in [-0.1, -0.05) is 54.0 Å². The van der Waals surface area contributed by atoms with Gasteiger partial charge in [0.05, 0.1) is 17.3 Å². The van der Waals surface area contributed by atoms with Crippen LogP contribution in [0.5, 0.6) is 5.75 Å². The minimum atomic E-state index is 0.0510. The highest BCUT2D eigenvalue weighted by Crippen LogP contribution is 2.49. The van der Waals surface area contributed by atoms with Crippen LogP contribution in [0.25, 0.3) is 0 Å². The van der Waals surface area contributed by atoms with Crippen LogP contribution >= 0.6 is 23.2 Å². The van der Waals surface area contributed by atoms with Crippen molar-refractivity contribution in [3.63, 3.8) is 0 Å². The first-order valence-electron chi connectivity index (χ1n) is 10.5. The van der Waals surface area contributed by atoms with Crippen molar-refractivity contribution < 1.29 is 4.74 Å². The summed E-state index contributed by atoms with van der Waals surface area (Å²) in [6.45, 7) is 5.03. The van der Waals surface area contributed by atoms with Crippen molar-refractivity contribution >= 4 is 34.7 Å². The summed E-state index contributed by atoms with van der Waals surface area (Å²) < 4.78 is 6.05. The zero-order chi connectivity index (χ0) is 22.3. The molecule has 2 heterocycles. The molecule has 4 rings (SSSR count). The Balaban J connectivity index is 0.00000132. The maximum absolute atomic E-state index is 6.25. The van der Waals surface area contributed by atoms with E-state index in [0.29, 0.717) is 16.5 Å². The molecule has 0 spiro atoms. The van der Waals surface area contributed by atoms with Crippen LogP contribution in [0.15, 0.2) is 82.4 Å². The predicted molar refractivity (Wildman–Crippen MR) is 132 cm³/mol. The van der Waals surface area contributed by atoms with Crippen LogP contribution in [0.2, 0.25) is 5.02 Å². The lowest BCUT2D eigenvalue weighted by Gasteiger charge is -2.46. The maximum atomic E-state index is 6.25. The number of fused-ring (bicyclic) bond motifs is 1. The molecule has 0 atom stereocenters. The van der Waals surface area contributed by atoms with E-state index in [2.05, 4.69) is 58.8 Å². The van der Waals surface area contributed by atoms with Gasteiger partial charge in [-0.25, -0.2) is 0 Å². The number of hydrogen-bond acceptors (Lipinski definition) is 4. The summed E-state index contributed by atoms with van der Waals surface area (Å²) in [5.74, 6) is 2.00. The van der Waals surface area contributed by atoms with Gasteiger partial charge in [-0.05, 0) is 57.4 Å². The second kappa shape index (κ2) is 10.8. The molecule has 4 nitrogen and oxygen atoms in total. The van der Waals surface area contributed by atoms with Gasteiger partial charge in [0.2, 0.25) is 0 Å². The Morgan fingerprint density at radius 2 is 2.00 bits per heavy atom. The number of halogens is 2. The Hall–Kier alpha value is -2.30. The summed E-state index contributed by atoms with van der Waals surface area (Å²) in [6, 6.07) is 7.46. The third-order valence-electron chi connectivity index (χ3n) is 5.96. The molecule has 0 N–H and O–H groups in total. The van der Waals surface area contributed by atoms with Crippen molar-refractivity contribution in [1.29, 1.82) is 0 Å². The van der Waals surface area contributed by atoms with Crippen LogP contribution in [0.4, 0.5) is 0 Å². The third-order valence-corrected chi connectivity index (χ3v) is 6.27. The van der Waals surface area contributed by atoms with Gasteiger partial charge in [0, 0.05) is 18.0 Å². The van der Waals surface area contributed by atoms with Crippen LogP contribution < -0.4 is 4.74 Å². The number of benzene rings is 1. The van der Waals surface area contributed by atoms with Crippen LogP contribution in [0.1, 0.15) is 39.5 Å². The molecule has 0 amide bonds. The molecule has 1 aliphatic carbocycles. The fraction of sp³-hybridized carbons (Fsp3) is 0.360. The van der Waals surface area contributed by atoms with Crippen molar-refractivity contribution in [3.05, 3.63) is 77.2 Å². The molecule has 0 aromatic heterocycles. The normalized spacial score (nSPS) is 19.5. The summed E-state index contributed by atoms with van der Waals surface area (Å²) in [6.07, 6.45) is 18.5. The fourth-order valence-corrected chi connectivity index (χ4v) is 4.22. The van der Waals surface area contributed by atoms with Crippen molar-refractivity contribution in [2.75, 3.05) is 12.9 Å². The highest BCUT2D eigenvalue weighted by atomic mass is 35.5. The van der Waals surface area contributed by atoms with Gasteiger partial charge in [0.25, 0.3) is 0 Å². The fourth-order valence-electron chi connectivity index (χ4n) is 4.05. The molecule has 3 aliphatic rings. The van der Waals surface area contributed by atoms with Crippen LogP contribution in [-0.4, -0.2) is 29.4 Å². The first-order valence-corrected chi connectivity index (χ1v) is 11.7. The number of allylic oxidation sites excluding steroid dienone is 6. The van der Waals surface area contributed by atoms with Crippen molar-refractivity contribution in [2.45, 2.75) is 39.5 Å². The molecular formula is C25H29Cl2N3O.